The fourth-order valence-corrected chi connectivity index (χ4v) is 4.18. The lowest BCUT2D eigenvalue weighted by molar-refractivity contribution is 0.0933. The number of benzene rings is 2. The first-order valence-corrected chi connectivity index (χ1v) is 11.0. The Morgan fingerprint density at radius 3 is 2.61 bits per heavy atom. The van der Waals surface area contributed by atoms with E-state index in [0.717, 1.165) is 20.8 Å². The number of nitrogens with zero attached hydrogens (tertiary/aromatic N) is 3. The van der Waals surface area contributed by atoms with E-state index in [-0.39, 0.29) is 17.3 Å². The summed E-state index contributed by atoms with van der Waals surface area (Å²) in [5, 5.41) is 8.03. The molecular weight excluding hydrogens is 416 g/mol. The van der Waals surface area contributed by atoms with Gasteiger partial charge in [0, 0.05) is 26.1 Å². The second kappa shape index (κ2) is 9.75. The maximum Gasteiger partial charge on any atom is 0.272 e. The first-order chi connectivity index (χ1) is 14.9. The Kier molecular flexibility index (Phi) is 7.07. The number of rotatable bonds is 9. The highest BCUT2D eigenvalue weighted by atomic mass is 32.2. The summed E-state index contributed by atoms with van der Waals surface area (Å²) >= 11 is 0. The maximum atomic E-state index is 12.5. The van der Waals surface area contributed by atoms with Gasteiger partial charge in [-0.25, -0.2) is 8.42 Å². The number of sulfonamides is 1. The van der Waals surface area contributed by atoms with Crippen molar-refractivity contribution in [3.05, 3.63) is 59.8 Å². The number of amides is 1. The van der Waals surface area contributed by atoms with Crippen molar-refractivity contribution in [2.24, 2.45) is 0 Å². The van der Waals surface area contributed by atoms with Gasteiger partial charge in [-0.1, -0.05) is 36.3 Å². The lowest BCUT2D eigenvalue weighted by Gasteiger charge is -2.14. The largest absolute Gasteiger partial charge is 0.383 e. The molecule has 1 N–H and O–H groups in total. The number of terminal acetylenes is 1. The fourth-order valence-electron chi connectivity index (χ4n) is 3.10. The van der Waals surface area contributed by atoms with Crippen LogP contribution in [0.2, 0.25) is 0 Å². The molecule has 0 bridgehead atoms. The number of para-hydroxylation sites is 1. The van der Waals surface area contributed by atoms with E-state index in [1.807, 2.05) is 24.3 Å². The molecule has 0 radical (unpaired) electrons. The summed E-state index contributed by atoms with van der Waals surface area (Å²) in [4.78, 5) is 12.7. The zero-order chi connectivity index (χ0) is 22.4. The van der Waals surface area contributed by atoms with Crippen LogP contribution in [-0.2, 0) is 21.3 Å². The van der Waals surface area contributed by atoms with Crippen molar-refractivity contribution in [1.82, 2.24) is 19.4 Å². The maximum absolute atomic E-state index is 12.5. The van der Waals surface area contributed by atoms with Crippen molar-refractivity contribution in [1.29, 1.82) is 0 Å². The average molecular weight is 441 g/mol. The summed E-state index contributed by atoms with van der Waals surface area (Å²) in [7, 11) is -0.626. The number of aromatic nitrogens is 2. The van der Waals surface area contributed by atoms with Crippen molar-refractivity contribution in [3.63, 3.8) is 0 Å². The van der Waals surface area contributed by atoms with Crippen LogP contribution in [0.4, 0.5) is 0 Å². The number of hydrogen-bond donors (Lipinski definition) is 1. The van der Waals surface area contributed by atoms with Crippen molar-refractivity contribution >= 4 is 26.8 Å². The summed E-state index contributed by atoms with van der Waals surface area (Å²) in [6.07, 6.45) is 5.22. The zero-order valence-electron chi connectivity index (χ0n) is 17.4. The number of carbonyl (C=O) groups excluding carboxylic acids is 1. The Hall–Kier alpha value is -3.19. The molecule has 0 atom stereocenters. The topological polar surface area (TPSA) is 93.5 Å². The molecule has 0 aliphatic carbocycles. The normalized spacial score (nSPS) is 11.5. The molecule has 0 fully saturated rings. The molecule has 1 amide bonds. The molecule has 162 valence electrons. The van der Waals surface area contributed by atoms with Crippen LogP contribution in [0.1, 0.15) is 16.1 Å². The molecule has 0 aliphatic heterocycles. The van der Waals surface area contributed by atoms with E-state index in [4.69, 9.17) is 11.2 Å². The van der Waals surface area contributed by atoms with Gasteiger partial charge in [0.1, 0.15) is 0 Å². The van der Waals surface area contributed by atoms with Gasteiger partial charge in [-0.05, 0) is 23.8 Å². The Labute approximate surface area is 181 Å². The Bertz CT molecular complexity index is 1210. The molecular formula is C22H24N4O4S. The molecule has 3 aromatic rings. The Balaban J connectivity index is 1.85. The minimum absolute atomic E-state index is 0.00141. The lowest BCUT2D eigenvalue weighted by atomic mass is 10.2. The zero-order valence-corrected chi connectivity index (χ0v) is 18.2. The Morgan fingerprint density at radius 1 is 1.23 bits per heavy atom. The van der Waals surface area contributed by atoms with Gasteiger partial charge in [0.15, 0.2) is 5.69 Å². The third-order valence-corrected chi connectivity index (χ3v) is 6.56. The first-order valence-electron chi connectivity index (χ1n) is 9.60. The predicted octanol–water partition coefficient (Wildman–Crippen LogP) is 1.71. The Morgan fingerprint density at radius 2 is 1.94 bits per heavy atom. The van der Waals surface area contributed by atoms with E-state index < -0.39 is 10.0 Å². The first kappa shape index (κ1) is 22.5. The SMILES string of the molecule is C#CCN(C)S(=O)(=O)c1ccc(Cn2nc(C(=O)NCCOC)c3ccccc32)cc1. The summed E-state index contributed by atoms with van der Waals surface area (Å²) in [5.41, 5.74) is 1.99. The van der Waals surface area contributed by atoms with Crippen molar-refractivity contribution < 1.29 is 17.9 Å². The molecule has 0 aliphatic rings. The summed E-state index contributed by atoms with van der Waals surface area (Å²) in [6.45, 7) is 1.18. The van der Waals surface area contributed by atoms with E-state index in [2.05, 4.69) is 16.3 Å². The molecule has 8 nitrogen and oxygen atoms in total. The van der Waals surface area contributed by atoms with Gasteiger partial charge >= 0.3 is 0 Å². The molecule has 0 saturated carbocycles. The predicted molar refractivity (Wildman–Crippen MR) is 118 cm³/mol. The molecule has 2 aromatic carbocycles. The van der Waals surface area contributed by atoms with Gasteiger partial charge < -0.3 is 10.1 Å². The second-order valence-corrected chi connectivity index (χ2v) is 8.93. The number of ether oxygens (including phenoxy) is 1. The minimum atomic E-state index is -3.64. The quantitative estimate of drug-likeness (QED) is 0.404. The second-order valence-electron chi connectivity index (χ2n) is 6.88. The highest BCUT2D eigenvalue weighted by molar-refractivity contribution is 7.89. The van der Waals surface area contributed by atoms with Crippen molar-refractivity contribution in [2.75, 3.05) is 33.9 Å². The molecule has 1 heterocycles. The van der Waals surface area contributed by atoms with Crippen LogP contribution in [-0.4, -0.2) is 62.3 Å². The number of nitrogens with one attached hydrogen (secondary N) is 1. The highest BCUT2D eigenvalue weighted by Crippen LogP contribution is 2.21. The smallest absolute Gasteiger partial charge is 0.272 e. The van der Waals surface area contributed by atoms with Crippen LogP contribution in [0.3, 0.4) is 0 Å². The van der Waals surface area contributed by atoms with Crippen LogP contribution in [0.15, 0.2) is 53.4 Å². The molecule has 9 heteroatoms. The number of methoxy groups -OCH3 is 1. The monoisotopic (exact) mass is 440 g/mol. The molecule has 0 saturated heterocycles. The summed E-state index contributed by atoms with van der Waals surface area (Å²) in [5.74, 6) is 2.05. The molecule has 0 unspecified atom stereocenters. The average Bonchev–Trinajstić information content (AvgIpc) is 3.13. The van der Waals surface area contributed by atoms with E-state index in [1.165, 1.54) is 7.05 Å². The van der Waals surface area contributed by atoms with Gasteiger partial charge in [0.2, 0.25) is 10.0 Å². The number of fused-ring (bicyclic) bond motifs is 1. The van der Waals surface area contributed by atoms with E-state index in [0.29, 0.717) is 25.4 Å². The number of hydrogen-bond acceptors (Lipinski definition) is 5. The summed E-state index contributed by atoms with van der Waals surface area (Å²) in [6, 6.07) is 14.0. The van der Waals surface area contributed by atoms with Crippen LogP contribution < -0.4 is 5.32 Å². The van der Waals surface area contributed by atoms with Crippen LogP contribution in [0.5, 0.6) is 0 Å². The highest BCUT2D eigenvalue weighted by Gasteiger charge is 2.20. The van der Waals surface area contributed by atoms with Crippen molar-refractivity contribution in [3.8, 4) is 12.3 Å². The van der Waals surface area contributed by atoms with E-state index in [9.17, 15) is 13.2 Å². The molecule has 1 aromatic heterocycles. The fraction of sp³-hybridized carbons (Fsp3) is 0.273. The molecule has 31 heavy (non-hydrogen) atoms. The van der Waals surface area contributed by atoms with E-state index in [1.54, 1.807) is 36.1 Å². The lowest BCUT2D eigenvalue weighted by Crippen LogP contribution is -2.27. The van der Waals surface area contributed by atoms with Crippen molar-refractivity contribution in [2.45, 2.75) is 11.4 Å². The standard InChI is InChI=1S/C22H24N4O4S/c1-4-14-25(2)31(28,29)18-11-9-17(10-12-18)16-26-20-8-6-5-7-19(20)21(24-26)22(27)23-13-15-30-3/h1,5-12H,13-16H2,2-3H3,(H,23,27). The van der Waals surface area contributed by atoms with Gasteiger partial charge in [-0.2, -0.15) is 9.40 Å². The number of carbonyl (C=O) groups is 1. The van der Waals surface area contributed by atoms with Crippen LogP contribution in [0.25, 0.3) is 10.9 Å². The van der Waals surface area contributed by atoms with Gasteiger partial charge in [-0.3, -0.25) is 9.48 Å². The van der Waals surface area contributed by atoms with Gasteiger partial charge in [0.05, 0.1) is 30.1 Å². The van der Waals surface area contributed by atoms with Crippen LogP contribution in [0, 0.1) is 12.3 Å². The van der Waals surface area contributed by atoms with Gasteiger partial charge in [0.25, 0.3) is 5.91 Å². The third kappa shape index (κ3) is 4.94. The summed E-state index contributed by atoms with van der Waals surface area (Å²) < 4.78 is 32.8. The molecule has 3 rings (SSSR count). The minimum Gasteiger partial charge on any atom is -0.383 e. The van der Waals surface area contributed by atoms with Crippen LogP contribution >= 0.6 is 0 Å². The van der Waals surface area contributed by atoms with Gasteiger partial charge in [-0.15, -0.1) is 6.42 Å². The third-order valence-electron chi connectivity index (χ3n) is 4.74. The molecule has 0 spiro atoms. The van der Waals surface area contributed by atoms with E-state index >= 15 is 0 Å².